The lowest BCUT2D eigenvalue weighted by Gasteiger charge is -2.29. The van der Waals surface area contributed by atoms with Gasteiger partial charge in [0.05, 0.1) is 13.5 Å². The van der Waals surface area contributed by atoms with E-state index in [1.165, 1.54) is 25.5 Å². The molecule has 0 aromatic heterocycles. The summed E-state index contributed by atoms with van der Waals surface area (Å²) < 4.78 is 4.71. The van der Waals surface area contributed by atoms with Crippen LogP contribution < -0.4 is 0 Å². The Morgan fingerprint density at radius 3 is 2.78 bits per heavy atom. The minimum atomic E-state index is -0.171. The molecule has 0 atom stereocenters. The second kappa shape index (κ2) is 6.01. The molecule has 1 saturated heterocycles. The number of hydrogen-bond donors (Lipinski definition) is 0. The molecule has 1 heterocycles. The Morgan fingerprint density at radius 1 is 1.39 bits per heavy atom. The number of likely N-dealkylation sites (tertiary alicyclic amines) is 1. The summed E-state index contributed by atoms with van der Waals surface area (Å²) in [7, 11) is 3.60. The summed E-state index contributed by atoms with van der Waals surface area (Å²) >= 11 is 0. The summed E-state index contributed by atoms with van der Waals surface area (Å²) in [4.78, 5) is 13.7. The predicted octanol–water partition coefficient (Wildman–Crippen LogP) is 2.21. The maximum Gasteiger partial charge on any atom is 0.309 e. The van der Waals surface area contributed by atoms with Gasteiger partial charge in [-0.1, -0.05) is 24.3 Å². The zero-order valence-electron chi connectivity index (χ0n) is 11.2. The van der Waals surface area contributed by atoms with Crippen LogP contribution in [0.1, 0.15) is 29.9 Å². The lowest BCUT2D eigenvalue weighted by molar-refractivity contribution is -0.139. The van der Waals surface area contributed by atoms with Crippen LogP contribution in [-0.2, 0) is 16.0 Å². The molecule has 0 spiro atoms. The molecule has 0 unspecified atom stereocenters. The van der Waals surface area contributed by atoms with Gasteiger partial charge in [-0.2, -0.15) is 0 Å². The molecule has 1 aliphatic heterocycles. The van der Waals surface area contributed by atoms with E-state index in [4.69, 9.17) is 4.74 Å². The van der Waals surface area contributed by atoms with Gasteiger partial charge in [0.15, 0.2) is 0 Å². The van der Waals surface area contributed by atoms with E-state index in [1.807, 2.05) is 12.1 Å². The second-order valence-electron chi connectivity index (χ2n) is 5.08. The fourth-order valence-corrected chi connectivity index (χ4v) is 2.54. The van der Waals surface area contributed by atoms with Crippen LogP contribution in [0.25, 0.3) is 0 Å². The van der Waals surface area contributed by atoms with Gasteiger partial charge in [0, 0.05) is 0 Å². The van der Waals surface area contributed by atoms with Crippen molar-refractivity contribution < 1.29 is 9.53 Å². The lowest BCUT2D eigenvalue weighted by atomic mass is 9.88. The van der Waals surface area contributed by atoms with Gasteiger partial charge in [-0.25, -0.2) is 0 Å². The van der Waals surface area contributed by atoms with Crippen molar-refractivity contribution in [2.45, 2.75) is 25.2 Å². The van der Waals surface area contributed by atoms with E-state index in [0.717, 1.165) is 18.7 Å². The van der Waals surface area contributed by atoms with Crippen LogP contribution in [0, 0.1) is 0 Å². The SMILES string of the molecule is COC(=O)Cc1cccc(C2CCN(C)CC2)c1. The normalized spacial score (nSPS) is 17.7. The molecule has 0 amide bonds. The third kappa shape index (κ3) is 3.33. The Balaban J connectivity index is 2.05. The number of methoxy groups -OCH3 is 1. The smallest absolute Gasteiger partial charge is 0.309 e. The maximum absolute atomic E-state index is 11.3. The summed E-state index contributed by atoms with van der Waals surface area (Å²) in [5, 5.41) is 0. The van der Waals surface area contributed by atoms with Gasteiger partial charge >= 0.3 is 5.97 Å². The second-order valence-corrected chi connectivity index (χ2v) is 5.08. The van der Waals surface area contributed by atoms with Gasteiger partial charge < -0.3 is 9.64 Å². The third-order valence-electron chi connectivity index (χ3n) is 3.72. The third-order valence-corrected chi connectivity index (χ3v) is 3.72. The van der Waals surface area contributed by atoms with Gasteiger partial charge in [-0.05, 0) is 50.0 Å². The van der Waals surface area contributed by atoms with Gasteiger partial charge in [-0.3, -0.25) is 4.79 Å². The van der Waals surface area contributed by atoms with E-state index in [9.17, 15) is 4.79 Å². The molecule has 0 aliphatic carbocycles. The minimum absolute atomic E-state index is 0.171. The van der Waals surface area contributed by atoms with Gasteiger partial charge in [0.25, 0.3) is 0 Å². The molecule has 0 saturated carbocycles. The summed E-state index contributed by atoms with van der Waals surface area (Å²) in [6, 6.07) is 8.38. The highest BCUT2D eigenvalue weighted by Crippen LogP contribution is 2.27. The minimum Gasteiger partial charge on any atom is -0.469 e. The Kier molecular flexibility index (Phi) is 4.37. The fraction of sp³-hybridized carbons (Fsp3) is 0.533. The number of rotatable bonds is 3. The number of hydrogen-bond acceptors (Lipinski definition) is 3. The van der Waals surface area contributed by atoms with E-state index >= 15 is 0 Å². The monoisotopic (exact) mass is 247 g/mol. The molecule has 2 rings (SSSR count). The summed E-state index contributed by atoms with van der Waals surface area (Å²) in [5.41, 5.74) is 2.42. The first-order valence-corrected chi connectivity index (χ1v) is 6.53. The van der Waals surface area contributed by atoms with Crippen LogP contribution in [0.3, 0.4) is 0 Å². The number of nitrogens with zero attached hydrogens (tertiary/aromatic N) is 1. The van der Waals surface area contributed by atoms with Crippen molar-refractivity contribution in [2.75, 3.05) is 27.2 Å². The summed E-state index contributed by atoms with van der Waals surface area (Å²) in [6.07, 6.45) is 2.79. The first kappa shape index (κ1) is 13.1. The van der Waals surface area contributed by atoms with E-state index in [-0.39, 0.29) is 5.97 Å². The predicted molar refractivity (Wildman–Crippen MR) is 71.6 cm³/mol. The summed E-state index contributed by atoms with van der Waals surface area (Å²) in [5.74, 6) is 0.467. The Morgan fingerprint density at radius 2 is 2.11 bits per heavy atom. The highest BCUT2D eigenvalue weighted by molar-refractivity contribution is 5.72. The van der Waals surface area contributed by atoms with Gasteiger partial charge in [-0.15, -0.1) is 0 Å². The van der Waals surface area contributed by atoms with Crippen molar-refractivity contribution in [1.29, 1.82) is 0 Å². The molecule has 0 N–H and O–H groups in total. The molecule has 1 aromatic carbocycles. The van der Waals surface area contributed by atoms with E-state index < -0.39 is 0 Å². The average Bonchev–Trinajstić information content (AvgIpc) is 2.40. The number of benzene rings is 1. The molecular formula is C15H21NO2. The highest BCUT2D eigenvalue weighted by Gasteiger charge is 2.18. The topological polar surface area (TPSA) is 29.5 Å². The first-order valence-electron chi connectivity index (χ1n) is 6.53. The van der Waals surface area contributed by atoms with Crippen molar-refractivity contribution >= 4 is 5.97 Å². The molecule has 0 radical (unpaired) electrons. The Bertz CT molecular complexity index is 409. The molecule has 98 valence electrons. The van der Waals surface area contributed by atoms with Gasteiger partial charge in [0.1, 0.15) is 0 Å². The van der Waals surface area contributed by atoms with E-state index in [2.05, 4.69) is 24.1 Å². The standard InChI is InChI=1S/C15H21NO2/c1-16-8-6-13(7-9-16)14-5-3-4-12(10-14)11-15(17)18-2/h3-5,10,13H,6-9,11H2,1-2H3. The first-order chi connectivity index (χ1) is 8.69. The molecule has 0 bridgehead atoms. The molecule has 3 heteroatoms. The van der Waals surface area contributed by atoms with Crippen molar-refractivity contribution in [3.8, 4) is 0 Å². The average molecular weight is 247 g/mol. The number of esters is 1. The van der Waals surface area contributed by atoms with Crippen LogP contribution in [0.2, 0.25) is 0 Å². The molecule has 18 heavy (non-hydrogen) atoms. The molecule has 1 fully saturated rings. The van der Waals surface area contributed by atoms with Gasteiger partial charge in [0.2, 0.25) is 0 Å². The van der Waals surface area contributed by atoms with Crippen molar-refractivity contribution in [2.24, 2.45) is 0 Å². The molecule has 1 aliphatic rings. The van der Waals surface area contributed by atoms with Crippen LogP contribution in [0.4, 0.5) is 0 Å². The number of piperidine rings is 1. The number of carbonyl (C=O) groups is 1. The lowest BCUT2D eigenvalue weighted by Crippen LogP contribution is -2.29. The van der Waals surface area contributed by atoms with Crippen molar-refractivity contribution in [1.82, 2.24) is 4.90 Å². The van der Waals surface area contributed by atoms with Crippen molar-refractivity contribution in [3.63, 3.8) is 0 Å². The quantitative estimate of drug-likeness (QED) is 0.767. The highest BCUT2D eigenvalue weighted by atomic mass is 16.5. The van der Waals surface area contributed by atoms with E-state index in [0.29, 0.717) is 12.3 Å². The zero-order chi connectivity index (χ0) is 13.0. The number of ether oxygens (including phenoxy) is 1. The molecule has 1 aromatic rings. The Hall–Kier alpha value is -1.35. The van der Waals surface area contributed by atoms with Crippen LogP contribution in [-0.4, -0.2) is 38.1 Å². The molecule has 3 nitrogen and oxygen atoms in total. The maximum atomic E-state index is 11.3. The van der Waals surface area contributed by atoms with Crippen LogP contribution in [0.5, 0.6) is 0 Å². The fourth-order valence-electron chi connectivity index (χ4n) is 2.54. The zero-order valence-corrected chi connectivity index (χ0v) is 11.2. The largest absolute Gasteiger partial charge is 0.469 e. The van der Waals surface area contributed by atoms with Crippen LogP contribution >= 0.6 is 0 Å². The number of carbonyl (C=O) groups excluding carboxylic acids is 1. The Labute approximate surface area is 109 Å². The van der Waals surface area contributed by atoms with Crippen molar-refractivity contribution in [3.05, 3.63) is 35.4 Å². The van der Waals surface area contributed by atoms with Crippen LogP contribution in [0.15, 0.2) is 24.3 Å². The molecular weight excluding hydrogens is 226 g/mol. The van der Waals surface area contributed by atoms with E-state index in [1.54, 1.807) is 0 Å². The summed E-state index contributed by atoms with van der Waals surface area (Å²) in [6.45, 7) is 2.32.